The maximum Gasteiger partial charge on any atom is 0.330 e. The summed E-state index contributed by atoms with van der Waals surface area (Å²) < 4.78 is 32.1. The zero-order valence-corrected chi connectivity index (χ0v) is 13.8. The summed E-state index contributed by atoms with van der Waals surface area (Å²) >= 11 is 5.91. The van der Waals surface area contributed by atoms with Crippen LogP contribution in [0.1, 0.15) is 5.56 Å². The molecular weight excluding hydrogens is 338 g/mol. The molecule has 0 fully saturated rings. The highest BCUT2D eigenvalue weighted by Crippen LogP contribution is 2.24. The monoisotopic (exact) mass is 351 g/mol. The van der Waals surface area contributed by atoms with Crippen LogP contribution < -0.4 is 4.72 Å². The minimum atomic E-state index is -3.86. The second-order valence-corrected chi connectivity index (χ2v) is 6.60. The maximum atomic E-state index is 12.6. The molecule has 0 aliphatic carbocycles. The number of methoxy groups -OCH3 is 1. The van der Waals surface area contributed by atoms with E-state index < -0.39 is 16.0 Å². The highest BCUT2D eigenvalue weighted by atomic mass is 35.5. The SMILES string of the molecule is COC(=O)C=Cc1ccc(Cl)cc1S(=O)(=O)Nc1ccccc1. The lowest BCUT2D eigenvalue weighted by Crippen LogP contribution is -2.14. The van der Waals surface area contributed by atoms with E-state index in [1.807, 2.05) is 0 Å². The molecule has 0 saturated heterocycles. The van der Waals surface area contributed by atoms with E-state index in [0.717, 1.165) is 6.08 Å². The Hall–Kier alpha value is -2.31. The minimum Gasteiger partial charge on any atom is -0.466 e. The topological polar surface area (TPSA) is 72.5 Å². The normalized spacial score (nSPS) is 11.4. The average Bonchev–Trinajstić information content (AvgIpc) is 2.53. The highest BCUT2D eigenvalue weighted by Gasteiger charge is 2.18. The molecule has 0 spiro atoms. The molecule has 2 aromatic carbocycles. The second kappa shape index (κ2) is 7.30. The van der Waals surface area contributed by atoms with E-state index in [1.54, 1.807) is 36.4 Å². The second-order valence-electron chi connectivity index (χ2n) is 4.51. The molecule has 0 bridgehead atoms. The lowest BCUT2D eigenvalue weighted by atomic mass is 10.2. The van der Waals surface area contributed by atoms with Crippen LogP contribution >= 0.6 is 11.6 Å². The van der Waals surface area contributed by atoms with Gasteiger partial charge in [0.15, 0.2) is 0 Å². The van der Waals surface area contributed by atoms with Crippen LogP contribution in [0.5, 0.6) is 0 Å². The fourth-order valence-corrected chi connectivity index (χ4v) is 3.34. The van der Waals surface area contributed by atoms with Gasteiger partial charge in [0, 0.05) is 16.8 Å². The van der Waals surface area contributed by atoms with Crippen LogP contribution in [0, 0.1) is 0 Å². The first-order chi connectivity index (χ1) is 10.9. The van der Waals surface area contributed by atoms with Gasteiger partial charge in [-0.3, -0.25) is 4.72 Å². The summed E-state index contributed by atoms with van der Waals surface area (Å²) in [4.78, 5) is 11.2. The Morgan fingerprint density at radius 1 is 1.17 bits per heavy atom. The Balaban J connectivity index is 2.42. The predicted octanol–water partition coefficient (Wildman–Crippen LogP) is 3.33. The van der Waals surface area contributed by atoms with Crippen molar-refractivity contribution < 1.29 is 17.9 Å². The maximum absolute atomic E-state index is 12.6. The number of hydrogen-bond acceptors (Lipinski definition) is 4. The summed E-state index contributed by atoms with van der Waals surface area (Å²) in [6.07, 6.45) is 2.51. The predicted molar refractivity (Wildman–Crippen MR) is 89.8 cm³/mol. The molecule has 0 unspecified atom stereocenters. The lowest BCUT2D eigenvalue weighted by molar-refractivity contribution is -0.134. The molecule has 0 heterocycles. The van der Waals surface area contributed by atoms with Gasteiger partial charge in [-0.2, -0.15) is 0 Å². The number of rotatable bonds is 5. The fraction of sp³-hybridized carbons (Fsp3) is 0.0625. The third-order valence-electron chi connectivity index (χ3n) is 2.89. The number of benzene rings is 2. The van der Waals surface area contributed by atoms with Crippen LogP contribution in [-0.4, -0.2) is 21.5 Å². The van der Waals surface area contributed by atoms with Crippen molar-refractivity contribution >= 4 is 39.4 Å². The van der Waals surface area contributed by atoms with E-state index in [-0.39, 0.29) is 9.92 Å². The Labute approximate surface area is 139 Å². The average molecular weight is 352 g/mol. The van der Waals surface area contributed by atoms with Gasteiger partial charge in [0.05, 0.1) is 12.0 Å². The first-order valence-corrected chi connectivity index (χ1v) is 8.42. The van der Waals surface area contributed by atoms with Crippen molar-refractivity contribution in [3.8, 4) is 0 Å². The third kappa shape index (κ3) is 4.58. The van der Waals surface area contributed by atoms with E-state index in [4.69, 9.17) is 11.6 Å². The van der Waals surface area contributed by atoms with Gasteiger partial charge in [-0.05, 0) is 35.9 Å². The van der Waals surface area contributed by atoms with Gasteiger partial charge in [0.1, 0.15) is 0 Å². The molecule has 0 aromatic heterocycles. The van der Waals surface area contributed by atoms with Crippen molar-refractivity contribution in [1.82, 2.24) is 0 Å². The zero-order chi connectivity index (χ0) is 16.9. The number of para-hydroxylation sites is 1. The third-order valence-corrected chi connectivity index (χ3v) is 4.56. The van der Waals surface area contributed by atoms with Gasteiger partial charge >= 0.3 is 5.97 Å². The van der Waals surface area contributed by atoms with Crippen molar-refractivity contribution in [3.05, 3.63) is 65.2 Å². The molecule has 23 heavy (non-hydrogen) atoms. The Bertz CT molecular complexity index is 832. The van der Waals surface area contributed by atoms with Gasteiger partial charge in [-0.1, -0.05) is 35.9 Å². The summed E-state index contributed by atoms with van der Waals surface area (Å²) in [6, 6.07) is 12.9. The van der Waals surface area contributed by atoms with Crippen molar-refractivity contribution in [3.63, 3.8) is 0 Å². The van der Waals surface area contributed by atoms with Crippen LogP contribution in [0.3, 0.4) is 0 Å². The van der Waals surface area contributed by atoms with Gasteiger partial charge in [0.2, 0.25) is 0 Å². The van der Waals surface area contributed by atoms with Gasteiger partial charge in [-0.25, -0.2) is 13.2 Å². The summed E-state index contributed by atoms with van der Waals surface area (Å²) in [6.45, 7) is 0. The molecule has 0 amide bonds. The molecule has 120 valence electrons. The highest BCUT2D eigenvalue weighted by molar-refractivity contribution is 7.92. The van der Waals surface area contributed by atoms with Crippen molar-refractivity contribution in [1.29, 1.82) is 0 Å². The molecule has 0 radical (unpaired) electrons. The van der Waals surface area contributed by atoms with Crippen LogP contribution in [0.15, 0.2) is 59.5 Å². The number of halogens is 1. The van der Waals surface area contributed by atoms with Crippen molar-refractivity contribution in [2.45, 2.75) is 4.90 Å². The molecule has 2 aromatic rings. The number of sulfonamides is 1. The number of ether oxygens (including phenoxy) is 1. The first-order valence-electron chi connectivity index (χ1n) is 6.56. The Morgan fingerprint density at radius 3 is 2.52 bits per heavy atom. The van der Waals surface area contributed by atoms with Crippen molar-refractivity contribution in [2.75, 3.05) is 11.8 Å². The summed E-state index contributed by atoms with van der Waals surface area (Å²) in [5, 5.41) is 0.272. The number of anilines is 1. The largest absolute Gasteiger partial charge is 0.466 e. The number of carbonyl (C=O) groups is 1. The quantitative estimate of drug-likeness (QED) is 0.662. The number of nitrogens with one attached hydrogen (secondary N) is 1. The van der Waals surface area contributed by atoms with Crippen LogP contribution in [0.4, 0.5) is 5.69 Å². The summed E-state index contributed by atoms with van der Waals surface area (Å²) in [7, 11) is -2.62. The molecule has 0 aliphatic rings. The van der Waals surface area contributed by atoms with E-state index in [1.165, 1.54) is 25.3 Å². The molecule has 0 atom stereocenters. The minimum absolute atomic E-state index is 0.0333. The van der Waals surface area contributed by atoms with E-state index in [2.05, 4.69) is 9.46 Å². The fourth-order valence-electron chi connectivity index (χ4n) is 1.82. The van der Waals surface area contributed by atoms with Crippen molar-refractivity contribution in [2.24, 2.45) is 0 Å². The van der Waals surface area contributed by atoms with Gasteiger partial charge in [0.25, 0.3) is 10.0 Å². The standard InChI is InChI=1S/C16H14ClNO4S/c1-22-16(19)10-8-12-7-9-13(17)11-15(12)23(20,21)18-14-5-3-2-4-6-14/h2-11,18H,1H3. The van der Waals surface area contributed by atoms with E-state index >= 15 is 0 Å². The molecule has 7 heteroatoms. The first kappa shape index (κ1) is 17.1. The summed E-state index contributed by atoms with van der Waals surface area (Å²) in [5.74, 6) is -0.584. The van der Waals surface area contributed by atoms with Crippen LogP contribution in [0.25, 0.3) is 6.08 Å². The smallest absolute Gasteiger partial charge is 0.330 e. The van der Waals surface area contributed by atoms with Gasteiger partial charge < -0.3 is 4.74 Å². The molecule has 2 rings (SSSR count). The summed E-state index contributed by atoms with van der Waals surface area (Å²) in [5.41, 5.74) is 0.749. The number of esters is 1. The lowest BCUT2D eigenvalue weighted by Gasteiger charge is -2.11. The molecule has 0 saturated carbocycles. The van der Waals surface area contributed by atoms with E-state index in [0.29, 0.717) is 11.3 Å². The molecule has 5 nitrogen and oxygen atoms in total. The van der Waals surface area contributed by atoms with Crippen LogP contribution in [-0.2, 0) is 19.6 Å². The molecule has 1 N–H and O–H groups in total. The zero-order valence-electron chi connectivity index (χ0n) is 12.2. The number of carbonyl (C=O) groups excluding carboxylic acids is 1. The Kier molecular flexibility index (Phi) is 5.41. The number of hydrogen-bond donors (Lipinski definition) is 1. The van der Waals surface area contributed by atoms with E-state index in [9.17, 15) is 13.2 Å². The van der Waals surface area contributed by atoms with Crippen LogP contribution in [0.2, 0.25) is 5.02 Å². The molecular formula is C16H14ClNO4S. The van der Waals surface area contributed by atoms with Gasteiger partial charge in [-0.15, -0.1) is 0 Å². The molecule has 0 aliphatic heterocycles. The Morgan fingerprint density at radius 2 is 1.87 bits per heavy atom.